The van der Waals surface area contributed by atoms with Gasteiger partial charge in [0.15, 0.2) is 0 Å². The lowest BCUT2D eigenvalue weighted by molar-refractivity contribution is -0.121. The van der Waals surface area contributed by atoms with Gasteiger partial charge in [0.05, 0.1) is 6.10 Å². The summed E-state index contributed by atoms with van der Waals surface area (Å²) in [7, 11) is 0. The molecule has 1 atom stereocenters. The van der Waals surface area contributed by atoms with Gasteiger partial charge in [0.1, 0.15) is 12.7 Å². The van der Waals surface area contributed by atoms with Gasteiger partial charge in [-0.1, -0.05) is 23.2 Å². The van der Waals surface area contributed by atoms with Gasteiger partial charge < -0.3 is 10.4 Å². The van der Waals surface area contributed by atoms with Crippen molar-refractivity contribution in [3.05, 3.63) is 46.5 Å². The van der Waals surface area contributed by atoms with Crippen LogP contribution in [0.2, 0.25) is 10.0 Å². The summed E-state index contributed by atoms with van der Waals surface area (Å²) >= 11 is 11.8. The number of aromatic nitrogens is 3. The maximum absolute atomic E-state index is 11.7. The maximum atomic E-state index is 11.7. The third-order valence-corrected chi connectivity index (χ3v) is 3.46. The van der Waals surface area contributed by atoms with E-state index in [0.717, 1.165) is 0 Å². The van der Waals surface area contributed by atoms with E-state index in [2.05, 4.69) is 15.4 Å². The van der Waals surface area contributed by atoms with E-state index >= 15 is 0 Å². The molecule has 0 fully saturated rings. The Morgan fingerprint density at radius 2 is 2.05 bits per heavy atom. The summed E-state index contributed by atoms with van der Waals surface area (Å²) in [6, 6.07) is 4.83. The molecule has 118 valence electrons. The Kier molecular flexibility index (Phi) is 6.18. The molecule has 1 unspecified atom stereocenters. The Balaban J connectivity index is 1.73. The van der Waals surface area contributed by atoms with E-state index in [9.17, 15) is 9.90 Å². The molecule has 22 heavy (non-hydrogen) atoms. The van der Waals surface area contributed by atoms with Gasteiger partial charge in [0.2, 0.25) is 5.91 Å². The summed E-state index contributed by atoms with van der Waals surface area (Å²) in [5, 5.41) is 17.6. The van der Waals surface area contributed by atoms with Gasteiger partial charge in [0.25, 0.3) is 0 Å². The van der Waals surface area contributed by atoms with Crippen LogP contribution in [0.1, 0.15) is 24.5 Å². The number of benzene rings is 1. The number of carbonyl (C=O) groups excluding carboxylic acids is 1. The average molecular weight is 343 g/mol. The lowest BCUT2D eigenvalue weighted by Gasteiger charge is -2.13. The van der Waals surface area contributed by atoms with Crippen molar-refractivity contribution in [2.24, 2.45) is 0 Å². The Labute approximate surface area is 138 Å². The van der Waals surface area contributed by atoms with Crippen LogP contribution in [0.25, 0.3) is 0 Å². The van der Waals surface area contributed by atoms with E-state index in [4.69, 9.17) is 23.2 Å². The second kappa shape index (κ2) is 8.12. The number of amides is 1. The molecule has 0 aliphatic heterocycles. The number of carbonyl (C=O) groups is 1. The highest BCUT2D eigenvalue weighted by Gasteiger charge is 2.11. The summed E-state index contributed by atoms with van der Waals surface area (Å²) in [6.07, 6.45) is 3.20. The van der Waals surface area contributed by atoms with Crippen molar-refractivity contribution >= 4 is 29.1 Å². The smallest absolute Gasteiger partial charge is 0.220 e. The van der Waals surface area contributed by atoms with E-state index in [1.54, 1.807) is 29.2 Å². The molecule has 0 aliphatic carbocycles. The highest BCUT2D eigenvalue weighted by Crippen LogP contribution is 2.23. The molecular weight excluding hydrogens is 327 g/mol. The molecule has 1 aromatic carbocycles. The first kappa shape index (κ1) is 16.7. The minimum atomic E-state index is -0.851. The highest BCUT2D eigenvalue weighted by atomic mass is 35.5. The SMILES string of the molecule is O=C(CCCn1cncn1)NCC(O)c1cc(Cl)cc(Cl)c1. The molecule has 0 aliphatic rings. The van der Waals surface area contributed by atoms with Crippen LogP contribution in [0.15, 0.2) is 30.9 Å². The van der Waals surface area contributed by atoms with Crippen LogP contribution < -0.4 is 5.32 Å². The van der Waals surface area contributed by atoms with Crippen LogP contribution in [0.3, 0.4) is 0 Å². The van der Waals surface area contributed by atoms with Gasteiger partial charge in [-0.25, -0.2) is 4.98 Å². The standard InChI is InChI=1S/C14H16Cl2N4O2/c15-11-4-10(5-12(16)6-11)13(21)7-18-14(22)2-1-3-20-9-17-8-19-20/h4-6,8-9,13,21H,1-3,7H2,(H,18,22). The number of rotatable bonds is 7. The number of aliphatic hydroxyl groups is 1. The predicted octanol–water partition coefficient (Wildman–Crippen LogP) is 2.21. The third-order valence-electron chi connectivity index (χ3n) is 3.02. The number of hydrogen-bond acceptors (Lipinski definition) is 4. The molecule has 1 amide bonds. The van der Waals surface area contributed by atoms with Crippen LogP contribution in [0.5, 0.6) is 0 Å². The van der Waals surface area contributed by atoms with Gasteiger partial charge in [-0.05, 0) is 30.2 Å². The minimum Gasteiger partial charge on any atom is -0.387 e. The van der Waals surface area contributed by atoms with Crippen molar-refractivity contribution in [3.63, 3.8) is 0 Å². The Bertz CT molecular complexity index is 599. The van der Waals surface area contributed by atoms with Crippen molar-refractivity contribution in [2.75, 3.05) is 6.54 Å². The van der Waals surface area contributed by atoms with Crippen LogP contribution in [0.4, 0.5) is 0 Å². The van der Waals surface area contributed by atoms with Gasteiger partial charge in [-0.3, -0.25) is 9.48 Å². The summed E-state index contributed by atoms with van der Waals surface area (Å²) in [5.74, 6) is -0.132. The third kappa shape index (κ3) is 5.29. The Morgan fingerprint density at radius 1 is 1.32 bits per heavy atom. The number of aliphatic hydroxyl groups excluding tert-OH is 1. The summed E-state index contributed by atoms with van der Waals surface area (Å²) in [4.78, 5) is 15.5. The van der Waals surface area contributed by atoms with Crippen molar-refractivity contribution in [1.29, 1.82) is 0 Å². The normalized spacial score (nSPS) is 12.1. The molecule has 2 N–H and O–H groups in total. The van der Waals surface area contributed by atoms with Crippen molar-refractivity contribution < 1.29 is 9.90 Å². The minimum absolute atomic E-state index is 0.110. The van der Waals surface area contributed by atoms with Gasteiger partial charge in [-0.15, -0.1) is 0 Å². The largest absolute Gasteiger partial charge is 0.387 e. The first-order valence-electron chi connectivity index (χ1n) is 6.78. The van der Waals surface area contributed by atoms with Gasteiger partial charge >= 0.3 is 0 Å². The van der Waals surface area contributed by atoms with Crippen LogP contribution in [0, 0.1) is 0 Å². The molecule has 2 aromatic rings. The van der Waals surface area contributed by atoms with Crippen molar-refractivity contribution in [1.82, 2.24) is 20.1 Å². The van der Waals surface area contributed by atoms with Crippen molar-refractivity contribution in [3.8, 4) is 0 Å². The zero-order chi connectivity index (χ0) is 15.9. The van der Waals surface area contributed by atoms with E-state index in [-0.39, 0.29) is 12.5 Å². The Morgan fingerprint density at radius 3 is 2.68 bits per heavy atom. The Hall–Kier alpha value is -1.63. The topological polar surface area (TPSA) is 80.0 Å². The fourth-order valence-electron chi connectivity index (χ4n) is 1.93. The molecule has 8 heteroatoms. The second-order valence-electron chi connectivity index (χ2n) is 4.78. The molecule has 0 radical (unpaired) electrons. The lowest BCUT2D eigenvalue weighted by Crippen LogP contribution is -2.28. The van der Waals surface area contributed by atoms with Gasteiger partial charge in [0, 0.05) is 29.6 Å². The summed E-state index contributed by atoms with van der Waals surface area (Å²) in [5.41, 5.74) is 0.570. The molecule has 0 saturated heterocycles. The summed E-state index contributed by atoms with van der Waals surface area (Å²) in [6.45, 7) is 0.735. The number of aryl methyl sites for hydroxylation is 1. The number of nitrogens with one attached hydrogen (secondary N) is 1. The monoisotopic (exact) mass is 342 g/mol. The first-order valence-corrected chi connectivity index (χ1v) is 7.53. The summed E-state index contributed by atoms with van der Waals surface area (Å²) < 4.78 is 1.66. The fraction of sp³-hybridized carbons (Fsp3) is 0.357. The van der Waals surface area contributed by atoms with E-state index in [1.807, 2.05) is 0 Å². The molecular formula is C14H16Cl2N4O2. The zero-order valence-electron chi connectivity index (χ0n) is 11.7. The van der Waals surface area contributed by atoms with E-state index in [1.165, 1.54) is 6.33 Å². The molecule has 2 rings (SSSR count). The number of halogens is 2. The lowest BCUT2D eigenvalue weighted by atomic mass is 10.1. The van der Waals surface area contributed by atoms with Crippen LogP contribution >= 0.6 is 23.2 Å². The van der Waals surface area contributed by atoms with Gasteiger partial charge in [-0.2, -0.15) is 5.10 Å². The molecule has 0 bridgehead atoms. The highest BCUT2D eigenvalue weighted by molar-refractivity contribution is 6.34. The zero-order valence-corrected chi connectivity index (χ0v) is 13.3. The van der Waals surface area contributed by atoms with Crippen LogP contribution in [-0.2, 0) is 11.3 Å². The molecule has 6 nitrogen and oxygen atoms in total. The number of hydrogen-bond donors (Lipinski definition) is 2. The molecule has 1 aromatic heterocycles. The molecule has 0 spiro atoms. The molecule has 1 heterocycles. The average Bonchev–Trinajstić information content (AvgIpc) is 2.97. The maximum Gasteiger partial charge on any atom is 0.220 e. The fourth-order valence-corrected chi connectivity index (χ4v) is 2.48. The van der Waals surface area contributed by atoms with E-state index < -0.39 is 6.10 Å². The molecule has 0 saturated carbocycles. The van der Waals surface area contributed by atoms with Crippen LogP contribution in [-0.4, -0.2) is 32.3 Å². The van der Waals surface area contributed by atoms with E-state index in [0.29, 0.717) is 35.0 Å². The second-order valence-corrected chi connectivity index (χ2v) is 5.66. The quantitative estimate of drug-likeness (QED) is 0.808. The predicted molar refractivity (Wildman–Crippen MR) is 83.7 cm³/mol. The van der Waals surface area contributed by atoms with Crippen molar-refractivity contribution in [2.45, 2.75) is 25.5 Å². The number of nitrogens with zero attached hydrogens (tertiary/aromatic N) is 3. The first-order chi connectivity index (χ1) is 10.5.